The van der Waals surface area contributed by atoms with Crippen molar-refractivity contribution in [2.24, 2.45) is 0 Å². The lowest BCUT2D eigenvalue weighted by Crippen LogP contribution is -2.43. The number of methoxy groups -OCH3 is 2. The summed E-state index contributed by atoms with van der Waals surface area (Å²) in [6, 6.07) is 3.97. The van der Waals surface area contributed by atoms with Crippen LogP contribution in [0, 0.1) is 0 Å². The summed E-state index contributed by atoms with van der Waals surface area (Å²) in [5, 5.41) is 2.66. The highest BCUT2D eigenvalue weighted by molar-refractivity contribution is 5.85. The maximum atomic E-state index is 12.0. The molecule has 0 radical (unpaired) electrons. The van der Waals surface area contributed by atoms with Crippen molar-refractivity contribution in [1.82, 2.24) is 15.1 Å². The van der Waals surface area contributed by atoms with E-state index in [9.17, 15) is 9.59 Å². The van der Waals surface area contributed by atoms with E-state index in [0.717, 1.165) is 24.3 Å². The average Bonchev–Trinajstić information content (AvgIpc) is 2.58. The molecule has 24 heavy (non-hydrogen) atoms. The number of likely N-dealkylation sites (N-methyl/N-ethyl adjacent to an activating group) is 1. The van der Waals surface area contributed by atoms with E-state index in [0.29, 0.717) is 12.3 Å². The summed E-state index contributed by atoms with van der Waals surface area (Å²) >= 11 is 0. The number of nitrogens with zero attached hydrogens (tertiary/aromatic N) is 2. The van der Waals surface area contributed by atoms with Crippen LogP contribution in [0.1, 0.15) is 11.1 Å². The van der Waals surface area contributed by atoms with Crippen molar-refractivity contribution >= 4 is 11.8 Å². The number of hydrogen-bond acceptors (Lipinski definition) is 5. The number of carbonyl (C=O) groups is 2. The summed E-state index contributed by atoms with van der Waals surface area (Å²) in [5.41, 5.74) is 2.35. The second-order valence-corrected chi connectivity index (χ2v) is 6.00. The van der Waals surface area contributed by atoms with Crippen LogP contribution in [0.25, 0.3) is 0 Å². The largest absolute Gasteiger partial charge is 0.493 e. The Balaban J connectivity index is 1.95. The number of benzene rings is 1. The molecule has 1 aliphatic heterocycles. The molecular weight excluding hydrogens is 310 g/mol. The maximum absolute atomic E-state index is 12.0. The van der Waals surface area contributed by atoms with E-state index < -0.39 is 0 Å². The van der Waals surface area contributed by atoms with Gasteiger partial charge in [0, 0.05) is 27.2 Å². The molecule has 1 N–H and O–H groups in total. The van der Waals surface area contributed by atoms with Crippen molar-refractivity contribution < 1.29 is 19.1 Å². The molecule has 0 unspecified atom stereocenters. The van der Waals surface area contributed by atoms with Crippen molar-refractivity contribution in [3.8, 4) is 11.5 Å². The van der Waals surface area contributed by atoms with Gasteiger partial charge in [-0.05, 0) is 29.7 Å². The molecule has 0 atom stereocenters. The molecule has 0 aliphatic carbocycles. The van der Waals surface area contributed by atoms with Gasteiger partial charge >= 0.3 is 0 Å². The van der Waals surface area contributed by atoms with Gasteiger partial charge in [0.2, 0.25) is 11.8 Å². The van der Waals surface area contributed by atoms with Crippen LogP contribution < -0.4 is 14.8 Å². The van der Waals surface area contributed by atoms with Gasteiger partial charge in [0.25, 0.3) is 0 Å². The minimum atomic E-state index is -0.144. The lowest BCUT2D eigenvalue weighted by molar-refractivity contribution is -0.131. The number of fused-ring (bicyclic) bond motifs is 1. The van der Waals surface area contributed by atoms with Crippen molar-refractivity contribution in [3.63, 3.8) is 0 Å². The summed E-state index contributed by atoms with van der Waals surface area (Å²) in [6.07, 6.45) is 0.847. The van der Waals surface area contributed by atoms with Crippen LogP contribution >= 0.6 is 0 Å². The Hall–Kier alpha value is -2.28. The molecule has 0 spiro atoms. The van der Waals surface area contributed by atoms with Gasteiger partial charge in [0.15, 0.2) is 11.5 Å². The van der Waals surface area contributed by atoms with E-state index in [-0.39, 0.29) is 24.9 Å². The van der Waals surface area contributed by atoms with Gasteiger partial charge in [-0.15, -0.1) is 0 Å². The topological polar surface area (TPSA) is 71.1 Å². The molecule has 0 bridgehead atoms. The standard InChI is InChI=1S/C17H25N3O4/c1-19(2)17(22)9-18-16(21)11-20-6-5-12-7-14(23-3)15(24-4)8-13(12)10-20/h7-8H,5-6,9-11H2,1-4H3,(H,18,21). The Morgan fingerprint density at radius 3 is 2.38 bits per heavy atom. The smallest absolute Gasteiger partial charge is 0.241 e. The van der Waals surface area contributed by atoms with Crippen molar-refractivity contribution in [1.29, 1.82) is 0 Å². The lowest BCUT2D eigenvalue weighted by Gasteiger charge is -2.29. The first-order chi connectivity index (χ1) is 11.4. The van der Waals surface area contributed by atoms with E-state index in [1.165, 1.54) is 10.5 Å². The first-order valence-corrected chi connectivity index (χ1v) is 7.87. The highest BCUT2D eigenvalue weighted by Crippen LogP contribution is 2.33. The number of nitrogens with one attached hydrogen (secondary N) is 1. The highest BCUT2D eigenvalue weighted by Gasteiger charge is 2.21. The fraction of sp³-hybridized carbons (Fsp3) is 0.529. The molecule has 0 aromatic heterocycles. The normalized spacial score (nSPS) is 13.8. The maximum Gasteiger partial charge on any atom is 0.241 e. The fourth-order valence-electron chi connectivity index (χ4n) is 2.67. The number of carbonyl (C=O) groups excluding carboxylic acids is 2. The molecule has 1 aromatic rings. The summed E-state index contributed by atoms with van der Waals surface area (Å²) in [4.78, 5) is 27.0. The number of ether oxygens (including phenoxy) is 2. The lowest BCUT2D eigenvalue weighted by atomic mass is 9.99. The Morgan fingerprint density at radius 1 is 1.17 bits per heavy atom. The predicted molar refractivity (Wildman–Crippen MR) is 90.2 cm³/mol. The third-order valence-corrected chi connectivity index (χ3v) is 4.10. The summed E-state index contributed by atoms with van der Waals surface area (Å²) in [6.45, 7) is 1.76. The zero-order chi connectivity index (χ0) is 17.7. The van der Waals surface area contributed by atoms with Crippen LogP contribution in [0.15, 0.2) is 12.1 Å². The van der Waals surface area contributed by atoms with Gasteiger partial charge < -0.3 is 19.7 Å². The molecule has 2 amide bonds. The Morgan fingerprint density at radius 2 is 1.79 bits per heavy atom. The number of rotatable bonds is 6. The van der Waals surface area contributed by atoms with Crippen LogP contribution in [-0.4, -0.2) is 69.6 Å². The zero-order valence-corrected chi connectivity index (χ0v) is 14.7. The molecular formula is C17H25N3O4. The number of hydrogen-bond donors (Lipinski definition) is 1. The molecule has 1 aliphatic rings. The minimum absolute atomic E-state index is 0.0290. The van der Waals surface area contributed by atoms with Gasteiger partial charge in [0.05, 0.1) is 27.3 Å². The van der Waals surface area contributed by atoms with Crippen LogP contribution in [0.4, 0.5) is 0 Å². The third-order valence-electron chi connectivity index (χ3n) is 4.10. The van der Waals surface area contributed by atoms with E-state index in [1.54, 1.807) is 28.3 Å². The van der Waals surface area contributed by atoms with Crippen LogP contribution in [0.2, 0.25) is 0 Å². The summed E-state index contributed by atoms with van der Waals surface area (Å²) < 4.78 is 10.7. The highest BCUT2D eigenvalue weighted by atomic mass is 16.5. The van der Waals surface area contributed by atoms with Crippen LogP contribution in [0.5, 0.6) is 11.5 Å². The Labute approximate surface area is 142 Å². The average molecular weight is 335 g/mol. The van der Waals surface area contributed by atoms with E-state index in [4.69, 9.17) is 9.47 Å². The minimum Gasteiger partial charge on any atom is -0.493 e. The van der Waals surface area contributed by atoms with Crippen molar-refractivity contribution in [2.75, 3.05) is 47.9 Å². The molecule has 1 heterocycles. The number of amides is 2. The van der Waals surface area contributed by atoms with Gasteiger partial charge in [-0.2, -0.15) is 0 Å². The summed E-state index contributed by atoms with van der Waals surface area (Å²) in [7, 11) is 6.56. The van der Waals surface area contributed by atoms with E-state index >= 15 is 0 Å². The predicted octanol–water partition coefficient (Wildman–Crippen LogP) is 0.266. The van der Waals surface area contributed by atoms with E-state index in [2.05, 4.69) is 10.2 Å². The molecule has 2 rings (SSSR count). The molecule has 132 valence electrons. The van der Waals surface area contributed by atoms with Crippen LogP contribution in [-0.2, 0) is 22.6 Å². The van der Waals surface area contributed by atoms with Gasteiger partial charge in [-0.3, -0.25) is 14.5 Å². The summed E-state index contributed by atoms with van der Waals surface area (Å²) in [5.74, 6) is 1.15. The molecule has 0 saturated carbocycles. The molecule has 0 saturated heterocycles. The fourth-order valence-corrected chi connectivity index (χ4v) is 2.67. The van der Waals surface area contributed by atoms with Gasteiger partial charge in [0.1, 0.15) is 0 Å². The zero-order valence-electron chi connectivity index (χ0n) is 14.7. The first kappa shape index (κ1) is 18.1. The van der Waals surface area contributed by atoms with Crippen molar-refractivity contribution in [3.05, 3.63) is 23.3 Å². The second kappa shape index (κ2) is 8.01. The third kappa shape index (κ3) is 4.38. The Bertz CT molecular complexity index is 616. The second-order valence-electron chi connectivity index (χ2n) is 6.00. The van der Waals surface area contributed by atoms with Crippen LogP contribution in [0.3, 0.4) is 0 Å². The quantitative estimate of drug-likeness (QED) is 0.808. The Kier molecular flexibility index (Phi) is 6.03. The molecule has 7 nitrogen and oxygen atoms in total. The van der Waals surface area contributed by atoms with Gasteiger partial charge in [-0.25, -0.2) is 0 Å². The monoisotopic (exact) mass is 335 g/mol. The van der Waals surface area contributed by atoms with E-state index in [1.807, 2.05) is 12.1 Å². The first-order valence-electron chi connectivity index (χ1n) is 7.87. The molecule has 1 aromatic carbocycles. The van der Waals surface area contributed by atoms with Crippen molar-refractivity contribution in [2.45, 2.75) is 13.0 Å². The molecule has 0 fully saturated rings. The SMILES string of the molecule is COc1cc2c(cc1OC)CN(CC(=O)NCC(=O)N(C)C)CC2. The van der Waals surface area contributed by atoms with Gasteiger partial charge in [-0.1, -0.05) is 0 Å². The molecule has 7 heteroatoms.